The summed E-state index contributed by atoms with van der Waals surface area (Å²) in [4.78, 5) is 16.5. The van der Waals surface area contributed by atoms with Crippen LogP contribution in [0.25, 0.3) is 54.3 Å². The molecule has 0 spiro atoms. The molecule has 47 heavy (non-hydrogen) atoms. The molecule has 1 aliphatic rings. The molecule has 0 bridgehead atoms. The molecule has 1 radical (unpaired) electrons. The Labute approximate surface area is 291 Å². The summed E-state index contributed by atoms with van der Waals surface area (Å²) < 4.78 is 6.50. The first-order valence-electron chi connectivity index (χ1n) is 16.6. The fourth-order valence-corrected chi connectivity index (χ4v) is 6.92. The summed E-state index contributed by atoms with van der Waals surface area (Å²) in [5, 5.41) is 19.2. The van der Waals surface area contributed by atoms with E-state index in [0.29, 0.717) is 0 Å². The van der Waals surface area contributed by atoms with Gasteiger partial charge in [-0.15, -0.1) is 17.5 Å². The number of aliphatic hydroxyl groups excluding tert-OH is 1. The molecule has 2 heterocycles. The van der Waals surface area contributed by atoms with E-state index in [4.69, 9.17) is 9.72 Å². The third-order valence-electron chi connectivity index (χ3n) is 9.58. The van der Waals surface area contributed by atoms with E-state index in [9.17, 15) is 9.90 Å². The number of hydrogen-bond acceptors (Lipinski definition) is 4. The number of aryl methyl sites for hydroxylation is 2. The number of carbonyl (C=O) groups excluding carboxylic acids is 1. The number of rotatable bonds is 7. The van der Waals surface area contributed by atoms with Gasteiger partial charge in [-0.05, 0) is 84.2 Å². The van der Waals surface area contributed by atoms with Gasteiger partial charge in [0.25, 0.3) is 0 Å². The third-order valence-corrected chi connectivity index (χ3v) is 9.58. The van der Waals surface area contributed by atoms with Crippen molar-refractivity contribution in [3.05, 3.63) is 102 Å². The number of aliphatic hydroxyl groups is 1. The van der Waals surface area contributed by atoms with Crippen LogP contribution >= 0.6 is 0 Å². The van der Waals surface area contributed by atoms with Crippen molar-refractivity contribution < 1.29 is 34.7 Å². The zero-order chi connectivity index (χ0) is 32.5. The maximum Gasteiger partial charge on any atom is 0.162 e. The second-order valence-electron chi connectivity index (χ2n) is 12.5. The van der Waals surface area contributed by atoms with Crippen molar-refractivity contribution in [1.82, 2.24) is 4.98 Å². The molecule has 4 nitrogen and oxygen atoms in total. The van der Waals surface area contributed by atoms with Crippen LogP contribution < -0.4 is 4.74 Å². The van der Waals surface area contributed by atoms with Crippen molar-refractivity contribution in [3.63, 3.8) is 0 Å². The van der Waals surface area contributed by atoms with E-state index in [0.717, 1.165) is 64.6 Å². The molecule has 6 aromatic rings. The van der Waals surface area contributed by atoms with Gasteiger partial charge in [0.15, 0.2) is 5.78 Å². The third kappa shape index (κ3) is 6.44. The van der Waals surface area contributed by atoms with Crippen LogP contribution in [0.15, 0.2) is 84.8 Å². The molecule has 1 N–H and O–H groups in total. The van der Waals surface area contributed by atoms with Gasteiger partial charge in [0.05, 0.1) is 11.5 Å². The molecule has 0 saturated carbocycles. The summed E-state index contributed by atoms with van der Waals surface area (Å²) in [5.74, 6) is 2.23. The van der Waals surface area contributed by atoms with Gasteiger partial charge in [-0.2, -0.15) is 0 Å². The van der Waals surface area contributed by atoms with Crippen LogP contribution in [0, 0.1) is 31.7 Å². The molecule has 243 valence electrons. The minimum absolute atomic E-state index is 0. The molecule has 0 aliphatic carbocycles. The van der Waals surface area contributed by atoms with Gasteiger partial charge in [0, 0.05) is 55.3 Å². The van der Waals surface area contributed by atoms with Crippen molar-refractivity contribution in [2.24, 2.45) is 11.8 Å². The Morgan fingerprint density at radius 3 is 2.21 bits per heavy atom. The fourth-order valence-electron chi connectivity index (χ4n) is 6.92. The second kappa shape index (κ2) is 14.4. The van der Waals surface area contributed by atoms with Crippen LogP contribution in [0.5, 0.6) is 11.5 Å². The first kappa shape index (κ1) is 34.3. The minimum atomic E-state index is 0. The number of carbonyl (C=O) groups is 1. The molecule has 0 unspecified atom stereocenters. The van der Waals surface area contributed by atoms with Crippen molar-refractivity contribution in [1.29, 1.82) is 0 Å². The number of pyridine rings is 1. The quantitative estimate of drug-likeness (QED) is 0.0755. The monoisotopic (exact) mass is 801 g/mol. The van der Waals surface area contributed by atoms with Crippen molar-refractivity contribution in [3.8, 4) is 22.8 Å². The topological polar surface area (TPSA) is 59.4 Å². The number of nitrogens with zero attached hydrogens (tertiary/aromatic N) is 1. The molecule has 1 aromatic heterocycles. The van der Waals surface area contributed by atoms with E-state index in [2.05, 4.69) is 74.5 Å². The van der Waals surface area contributed by atoms with Crippen molar-refractivity contribution in [2.45, 2.75) is 67.2 Å². The Kier molecular flexibility index (Phi) is 10.5. The average molecular weight is 801 g/mol. The van der Waals surface area contributed by atoms with E-state index in [1.54, 1.807) is 0 Å². The largest absolute Gasteiger partial charge is 0.512 e. The first-order chi connectivity index (χ1) is 22.3. The average Bonchev–Trinajstić information content (AvgIpc) is 3.05. The van der Waals surface area contributed by atoms with Gasteiger partial charge < -0.3 is 9.84 Å². The second-order valence-corrected chi connectivity index (χ2v) is 12.5. The van der Waals surface area contributed by atoms with E-state index < -0.39 is 0 Å². The zero-order valence-corrected chi connectivity index (χ0v) is 30.4. The molecule has 0 saturated heterocycles. The standard InChI is InChI=1S/C29H18NO.C13H24O2.Ir/c1-16-11-17(2)20-7-8-21-22-9-10-30-29-25-13-18-5-3-4-6-19(18)14-26(25)31-27(28(22)29)15-24(21)23(20)12-16;1-5-10(6-2)12(14)9-13(15)11(7-3)8-4;/h3-12,14-15H,1-2H3;9-11,14H,5-8H2,1-4H3;/q-1;;/b;12-9-;. The van der Waals surface area contributed by atoms with Crippen molar-refractivity contribution in [2.75, 3.05) is 0 Å². The number of benzene rings is 5. The van der Waals surface area contributed by atoms with Gasteiger partial charge in [-0.25, -0.2) is 0 Å². The van der Waals surface area contributed by atoms with Gasteiger partial charge in [-0.3, -0.25) is 9.78 Å². The van der Waals surface area contributed by atoms with Gasteiger partial charge >= 0.3 is 0 Å². The zero-order valence-electron chi connectivity index (χ0n) is 28.0. The van der Waals surface area contributed by atoms with Gasteiger partial charge in [-0.1, -0.05) is 92.7 Å². The molecule has 7 rings (SSSR count). The molecule has 0 fully saturated rings. The maximum absolute atomic E-state index is 11.7. The minimum Gasteiger partial charge on any atom is -0.512 e. The van der Waals surface area contributed by atoms with Crippen LogP contribution in [-0.2, 0) is 24.9 Å². The summed E-state index contributed by atoms with van der Waals surface area (Å²) in [6.45, 7) is 12.4. The normalized spacial score (nSPS) is 12.2. The Bertz CT molecular complexity index is 2140. The Morgan fingerprint density at radius 1 is 0.809 bits per heavy atom. The Morgan fingerprint density at radius 2 is 1.49 bits per heavy atom. The maximum atomic E-state index is 11.7. The number of ketones is 1. The van der Waals surface area contributed by atoms with E-state index in [1.165, 1.54) is 44.1 Å². The van der Waals surface area contributed by atoms with Crippen molar-refractivity contribution >= 4 is 48.9 Å². The predicted molar refractivity (Wildman–Crippen MR) is 192 cm³/mol. The number of aromatic nitrogens is 1. The Hall–Kier alpha value is -4.05. The molecule has 0 atom stereocenters. The van der Waals surface area contributed by atoms with Crippen LogP contribution in [0.3, 0.4) is 0 Å². The van der Waals surface area contributed by atoms with Crippen LogP contribution in [0.2, 0.25) is 0 Å². The van der Waals surface area contributed by atoms with Gasteiger partial charge in [0.1, 0.15) is 5.75 Å². The molecular weight excluding hydrogens is 759 g/mol. The Balaban J connectivity index is 0.000000234. The molecular formula is C42H42IrNO3-. The van der Waals surface area contributed by atoms with Crippen LogP contribution in [0.4, 0.5) is 0 Å². The van der Waals surface area contributed by atoms with E-state index >= 15 is 0 Å². The van der Waals surface area contributed by atoms with Crippen LogP contribution in [-0.4, -0.2) is 15.9 Å². The summed E-state index contributed by atoms with van der Waals surface area (Å²) in [6.07, 6.45) is 6.81. The number of ether oxygens (including phenoxy) is 1. The summed E-state index contributed by atoms with van der Waals surface area (Å²) in [6, 6.07) is 27.2. The fraction of sp³-hybridized carbons (Fsp3) is 0.286. The molecule has 1 aliphatic heterocycles. The molecule has 5 heteroatoms. The van der Waals surface area contributed by atoms with Crippen LogP contribution in [0.1, 0.15) is 64.5 Å². The smallest absolute Gasteiger partial charge is 0.162 e. The van der Waals surface area contributed by atoms with E-state index in [-0.39, 0.29) is 43.5 Å². The summed E-state index contributed by atoms with van der Waals surface area (Å²) >= 11 is 0. The molecule has 0 amide bonds. The van der Waals surface area contributed by atoms with E-state index in [1.807, 2.05) is 46.0 Å². The first-order valence-corrected chi connectivity index (χ1v) is 16.6. The number of hydrogen-bond donors (Lipinski definition) is 1. The predicted octanol–water partition coefficient (Wildman–Crippen LogP) is 11.8. The summed E-state index contributed by atoms with van der Waals surface area (Å²) in [5.41, 5.74) is 4.45. The number of allylic oxidation sites excluding steroid dienone is 2. The SMILES string of the molecule is CCC(CC)C(=O)/C=C(\O)C(CC)CC.Cc1cc(C)c2ccc3c4ccnc5c4c(cc3c2c1)Oc1cc2ccccc2[c-]c1-5.[Ir]. The van der Waals surface area contributed by atoms with Gasteiger partial charge in [0.2, 0.25) is 0 Å². The number of fused-ring (bicyclic) bond motifs is 7. The molecule has 5 aromatic carbocycles. The summed E-state index contributed by atoms with van der Waals surface area (Å²) in [7, 11) is 0.